The molecule has 0 heterocycles. The molecule has 0 aliphatic heterocycles. The van der Waals surface area contributed by atoms with Crippen LogP contribution in [0.1, 0.15) is 30.4 Å². The second-order valence-corrected chi connectivity index (χ2v) is 6.88. The van der Waals surface area contributed by atoms with Crippen molar-refractivity contribution >= 4 is 16.0 Å². The number of aliphatic hydroxyl groups is 1. The molecule has 116 valence electrons. The summed E-state index contributed by atoms with van der Waals surface area (Å²) in [6.45, 7) is -0.399. The highest BCUT2D eigenvalue weighted by atomic mass is 32.2. The van der Waals surface area contributed by atoms with E-state index in [1.165, 1.54) is 6.07 Å². The topological polar surface area (TPSA) is 104 Å². The van der Waals surface area contributed by atoms with Crippen molar-refractivity contribution in [3.05, 3.63) is 29.3 Å². The lowest BCUT2D eigenvalue weighted by molar-refractivity contribution is -0.139. The third-order valence-electron chi connectivity index (χ3n) is 3.64. The van der Waals surface area contributed by atoms with Gasteiger partial charge in [0.25, 0.3) is 0 Å². The molecule has 0 saturated carbocycles. The summed E-state index contributed by atoms with van der Waals surface area (Å²) in [5, 5.41) is 17.8. The minimum atomic E-state index is -3.90. The van der Waals surface area contributed by atoms with Gasteiger partial charge in [0, 0.05) is 6.61 Å². The lowest BCUT2D eigenvalue weighted by Crippen LogP contribution is -2.41. The quantitative estimate of drug-likeness (QED) is 0.716. The van der Waals surface area contributed by atoms with E-state index in [4.69, 9.17) is 10.2 Å². The Morgan fingerprint density at radius 3 is 2.52 bits per heavy atom. The summed E-state index contributed by atoms with van der Waals surface area (Å²) in [4.78, 5) is 11.1. The number of hydrogen-bond acceptors (Lipinski definition) is 4. The van der Waals surface area contributed by atoms with Gasteiger partial charge in [-0.05, 0) is 55.4 Å². The maximum absolute atomic E-state index is 12.3. The summed E-state index contributed by atoms with van der Waals surface area (Å²) in [7, 11) is -3.90. The van der Waals surface area contributed by atoms with Crippen LogP contribution in [0.15, 0.2) is 23.1 Å². The summed E-state index contributed by atoms with van der Waals surface area (Å²) in [6.07, 6.45) is 3.77. The normalized spacial score (nSPS) is 16.2. The Hall–Kier alpha value is -1.44. The summed E-state index contributed by atoms with van der Waals surface area (Å²) >= 11 is 0. The molecule has 0 saturated heterocycles. The molecule has 1 aliphatic carbocycles. The molecule has 1 aliphatic rings. The molecule has 7 heteroatoms. The van der Waals surface area contributed by atoms with Gasteiger partial charge >= 0.3 is 5.97 Å². The third kappa shape index (κ3) is 3.81. The molecule has 1 atom stereocenters. The van der Waals surface area contributed by atoms with E-state index in [0.29, 0.717) is 0 Å². The first kappa shape index (κ1) is 15.9. The lowest BCUT2D eigenvalue weighted by atomic mass is 9.92. The fraction of sp³-hybridized carbons (Fsp3) is 0.500. The van der Waals surface area contributed by atoms with Crippen LogP contribution in [0, 0.1) is 0 Å². The lowest BCUT2D eigenvalue weighted by Gasteiger charge is -2.18. The molecule has 0 spiro atoms. The molecule has 2 rings (SSSR count). The van der Waals surface area contributed by atoms with E-state index in [1.54, 1.807) is 12.1 Å². The van der Waals surface area contributed by atoms with Crippen molar-refractivity contribution in [3.8, 4) is 0 Å². The van der Waals surface area contributed by atoms with Crippen molar-refractivity contribution in [2.24, 2.45) is 0 Å². The predicted octanol–water partition coefficient (Wildman–Crippen LogP) is 0.679. The molecule has 0 unspecified atom stereocenters. The average molecular weight is 313 g/mol. The van der Waals surface area contributed by atoms with Crippen LogP contribution in [0.2, 0.25) is 0 Å². The Morgan fingerprint density at radius 2 is 1.90 bits per heavy atom. The SMILES string of the molecule is O=C(O)[C@@H](CCO)NS(=O)(=O)c1ccc2c(c1)CCCC2. The number of nitrogens with one attached hydrogen (secondary N) is 1. The van der Waals surface area contributed by atoms with Gasteiger partial charge in [-0.2, -0.15) is 4.72 Å². The van der Waals surface area contributed by atoms with E-state index in [-0.39, 0.29) is 11.3 Å². The highest BCUT2D eigenvalue weighted by molar-refractivity contribution is 7.89. The average Bonchev–Trinajstić information content (AvgIpc) is 2.46. The van der Waals surface area contributed by atoms with Crippen molar-refractivity contribution in [2.45, 2.75) is 43.0 Å². The molecule has 3 N–H and O–H groups in total. The fourth-order valence-corrected chi connectivity index (χ4v) is 3.77. The van der Waals surface area contributed by atoms with Gasteiger partial charge in [0.1, 0.15) is 6.04 Å². The van der Waals surface area contributed by atoms with Crippen molar-refractivity contribution in [3.63, 3.8) is 0 Å². The number of hydrogen-bond donors (Lipinski definition) is 3. The van der Waals surface area contributed by atoms with Gasteiger partial charge in [-0.25, -0.2) is 8.42 Å². The Kier molecular flexibility index (Phi) is 4.97. The monoisotopic (exact) mass is 313 g/mol. The zero-order valence-electron chi connectivity index (χ0n) is 11.6. The van der Waals surface area contributed by atoms with Gasteiger partial charge in [0.15, 0.2) is 0 Å². The molecule has 1 aromatic rings. The van der Waals surface area contributed by atoms with Gasteiger partial charge in [-0.3, -0.25) is 4.79 Å². The van der Waals surface area contributed by atoms with Crippen LogP contribution in [0.5, 0.6) is 0 Å². The molecule has 6 nitrogen and oxygen atoms in total. The molecule has 0 radical (unpaired) electrons. The number of sulfonamides is 1. The molecule has 0 amide bonds. The highest BCUT2D eigenvalue weighted by Crippen LogP contribution is 2.24. The van der Waals surface area contributed by atoms with Crippen LogP contribution in [0.4, 0.5) is 0 Å². The Morgan fingerprint density at radius 1 is 1.24 bits per heavy atom. The predicted molar refractivity (Wildman–Crippen MR) is 76.5 cm³/mol. The molecule has 0 fully saturated rings. The Bertz CT molecular complexity index is 626. The summed E-state index contributed by atoms with van der Waals surface area (Å²) in [6, 6.07) is 3.60. The molecular formula is C14H19NO5S. The van der Waals surface area contributed by atoms with Crippen molar-refractivity contribution in [1.29, 1.82) is 0 Å². The van der Waals surface area contributed by atoms with Crippen molar-refractivity contribution < 1.29 is 23.4 Å². The van der Waals surface area contributed by atoms with Gasteiger partial charge in [0.2, 0.25) is 10.0 Å². The van der Waals surface area contributed by atoms with Crippen LogP contribution < -0.4 is 4.72 Å². The number of aryl methyl sites for hydroxylation is 2. The zero-order chi connectivity index (χ0) is 15.5. The maximum atomic E-state index is 12.3. The zero-order valence-corrected chi connectivity index (χ0v) is 12.4. The minimum Gasteiger partial charge on any atom is -0.480 e. The van der Waals surface area contributed by atoms with Gasteiger partial charge in [-0.1, -0.05) is 6.07 Å². The number of carboxylic acid groups (broad SMARTS) is 1. The maximum Gasteiger partial charge on any atom is 0.321 e. The third-order valence-corrected chi connectivity index (χ3v) is 5.11. The minimum absolute atomic E-state index is 0.0762. The largest absolute Gasteiger partial charge is 0.480 e. The van der Waals surface area contributed by atoms with Crippen LogP contribution >= 0.6 is 0 Å². The number of aliphatic hydroxyl groups excluding tert-OH is 1. The Balaban J connectivity index is 2.24. The van der Waals surface area contributed by atoms with E-state index >= 15 is 0 Å². The van der Waals surface area contributed by atoms with E-state index in [2.05, 4.69) is 4.72 Å². The van der Waals surface area contributed by atoms with E-state index < -0.39 is 28.6 Å². The standard InChI is InChI=1S/C14H19NO5S/c16-8-7-13(14(17)18)15-21(19,20)12-6-5-10-3-1-2-4-11(10)9-12/h5-6,9,13,15-16H,1-4,7-8H2,(H,17,18)/t13-/m1/s1. The Labute approximate surface area is 123 Å². The van der Waals surface area contributed by atoms with Crippen LogP contribution in [-0.2, 0) is 27.7 Å². The van der Waals surface area contributed by atoms with Crippen molar-refractivity contribution in [2.75, 3.05) is 6.61 Å². The first-order valence-corrected chi connectivity index (χ1v) is 8.40. The smallest absolute Gasteiger partial charge is 0.321 e. The van der Waals surface area contributed by atoms with Crippen LogP contribution in [0.3, 0.4) is 0 Å². The fourth-order valence-electron chi connectivity index (χ4n) is 2.49. The molecule has 21 heavy (non-hydrogen) atoms. The summed E-state index contributed by atoms with van der Waals surface area (Å²) < 4.78 is 26.6. The number of rotatable bonds is 6. The number of fused-ring (bicyclic) bond motifs is 1. The molecular weight excluding hydrogens is 294 g/mol. The van der Waals surface area contributed by atoms with Crippen LogP contribution in [-0.4, -0.2) is 37.2 Å². The van der Waals surface area contributed by atoms with E-state index in [0.717, 1.165) is 36.8 Å². The number of carboxylic acids is 1. The van der Waals surface area contributed by atoms with E-state index in [1.807, 2.05) is 0 Å². The number of benzene rings is 1. The first-order chi connectivity index (χ1) is 9.94. The van der Waals surface area contributed by atoms with E-state index in [9.17, 15) is 13.2 Å². The van der Waals surface area contributed by atoms with Gasteiger partial charge < -0.3 is 10.2 Å². The van der Waals surface area contributed by atoms with Gasteiger partial charge in [-0.15, -0.1) is 0 Å². The number of aliphatic carboxylic acids is 1. The highest BCUT2D eigenvalue weighted by Gasteiger charge is 2.25. The number of carbonyl (C=O) groups is 1. The van der Waals surface area contributed by atoms with Crippen molar-refractivity contribution in [1.82, 2.24) is 4.72 Å². The second-order valence-electron chi connectivity index (χ2n) is 5.16. The van der Waals surface area contributed by atoms with Gasteiger partial charge in [0.05, 0.1) is 4.90 Å². The first-order valence-electron chi connectivity index (χ1n) is 6.92. The molecule has 0 aromatic heterocycles. The summed E-state index contributed by atoms with van der Waals surface area (Å²) in [5.41, 5.74) is 2.17. The van der Waals surface area contributed by atoms with Crippen LogP contribution in [0.25, 0.3) is 0 Å². The molecule has 1 aromatic carbocycles. The molecule has 0 bridgehead atoms. The summed E-state index contributed by atoms with van der Waals surface area (Å²) in [5.74, 6) is -1.30. The second kappa shape index (κ2) is 6.55.